The summed E-state index contributed by atoms with van der Waals surface area (Å²) in [6.07, 6.45) is 5.02. The molecule has 1 aliphatic carbocycles. The van der Waals surface area contributed by atoms with Gasteiger partial charge in [-0.3, -0.25) is 0 Å². The van der Waals surface area contributed by atoms with Crippen molar-refractivity contribution in [2.45, 2.75) is 63.0 Å². The van der Waals surface area contributed by atoms with Crippen molar-refractivity contribution in [3.63, 3.8) is 0 Å². The van der Waals surface area contributed by atoms with Crippen LogP contribution in [-0.2, 0) is 14.9 Å². The Hall–Kier alpha value is -0.850. The molecule has 7 heteroatoms. The standard InChI is InChI=1S/C20H25ClF4O2/c1-2-3-12-10-26-19(27-11-12)14-6-4-13(5-7-14)15-8-16(22)18(17(23)9-15)20(21,24)25/h8-9,12-14,19H,2-7,10-11H2,1H3. The Morgan fingerprint density at radius 2 is 1.59 bits per heavy atom. The number of ether oxygens (including phenoxy) is 2. The molecule has 1 aromatic rings. The first kappa shape index (κ1) is 20.9. The summed E-state index contributed by atoms with van der Waals surface area (Å²) in [5, 5.41) is -4.06. The summed E-state index contributed by atoms with van der Waals surface area (Å²) in [7, 11) is 0. The lowest BCUT2D eigenvalue weighted by Gasteiger charge is -2.37. The van der Waals surface area contributed by atoms with Crippen molar-refractivity contribution in [2.24, 2.45) is 11.8 Å². The molecule has 2 fully saturated rings. The van der Waals surface area contributed by atoms with Crippen LogP contribution in [0.25, 0.3) is 0 Å². The van der Waals surface area contributed by atoms with Crippen LogP contribution in [0.15, 0.2) is 12.1 Å². The third kappa shape index (κ3) is 4.96. The molecule has 2 nitrogen and oxygen atoms in total. The van der Waals surface area contributed by atoms with E-state index in [1.165, 1.54) is 0 Å². The van der Waals surface area contributed by atoms with Crippen LogP contribution >= 0.6 is 11.6 Å². The smallest absolute Gasteiger partial charge is 0.352 e. The Labute approximate surface area is 162 Å². The van der Waals surface area contributed by atoms with E-state index in [9.17, 15) is 17.6 Å². The average Bonchev–Trinajstić information content (AvgIpc) is 2.61. The Kier molecular flexibility index (Phi) is 6.70. The van der Waals surface area contributed by atoms with E-state index < -0.39 is 22.6 Å². The van der Waals surface area contributed by atoms with Crippen LogP contribution in [0.1, 0.15) is 62.5 Å². The van der Waals surface area contributed by atoms with Gasteiger partial charge < -0.3 is 9.47 Å². The number of benzene rings is 1. The van der Waals surface area contributed by atoms with Crippen molar-refractivity contribution in [1.82, 2.24) is 0 Å². The maximum atomic E-state index is 14.0. The highest BCUT2D eigenvalue weighted by atomic mass is 35.5. The van der Waals surface area contributed by atoms with Crippen molar-refractivity contribution in [1.29, 1.82) is 0 Å². The van der Waals surface area contributed by atoms with Gasteiger partial charge in [0.05, 0.1) is 13.2 Å². The molecule has 0 aromatic heterocycles. The second-order valence-electron chi connectivity index (χ2n) is 7.66. The lowest BCUT2D eigenvalue weighted by atomic mass is 9.78. The molecule has 3 rings (SSSR count). The predicted molar refractivity (Wildman–Crippen MR) is 94.9 cm³/mol. The summed E-state index contributed by atoms with van der Waals surface area (Å²) < 4.78 is 66.0. The summed E-state index contributed by atoms with van der Waals surface area (Å²) >= 11 is 4.80. The topological polar surface area (TPSA) is 18.5 Å². The minimum absolute atomic E-state index is 0.0697. The van der Waals surface area contributed by atoms with Crippen molar-refractivity contribution in [2.75, 3.05) is 13.2 Å². The van der Waals surface area contributed by atoms with Gasteiger partial charge in [-0.1, -0.05) is 13.3 Å². The molecule has 2 aliphatic rings. The molecule has 0 unspecified atom stereocenters. The van der Waals surface area contributed by atoms with Crippen molar-refractivity contribution in [3.05, 3.63) is 34.9 Å². The highest BCUT2D eigenvalue weighted by Crippen LogP contribution is 2.42. The summed E-state index contributed by atoms with van der Waals surface area (Å²) in [5.74, 6) is -1.96. The van der Waals surface area contributed by atoms with Crippen LogP contribution in [0.2, 0.25) is 0 Å². The van der Waals surface area contributed by atoms with Crippen LogP contribution in [0.3, 0.4) is 0 Å². The van der Waals surface area contributed by atoms with Gasteiger partial charge in [-0.2, -0.15) is 8.78 Å². The molecule has 1 aromatic carbocycles. The maximum Gasteiger partial charge on any atom is 0.353 e. The fourth-order valence-corrected chi connectivity index (χ4v) is 4.41. The third-order valence-corrected chi connectivity index (χ3v) is 5.85. The second-order valence-corrected chi connectivity index (χ2v) is 8.13. The van der Waals surface area contributed by atoms with E-state index in [1.807, 2.05) is 0 Å². The van der Waals surface area contributed by atoms with E-state index in [0.29, 0.717) is 37.5 Å². The minimum atomic E-state index is -4.06. The van der Waals surface area contributed by atoms with Crippen LogP contribution < -0.4 is 0 Å². The minimum Gasteiger partial charge on any atom is -0.352 e. The monoisotopic (exact) mass is 408 g/mol. The highest BCUT2D eigenvalue weighted by molar-refractivity contribution is 6.21. The van der Waals surface area contributed by atoms with Crippen LogP contribution in [-0.4, -0.2) is 19.5 Å². The molecule has 0 radical (unpaired) electrons. The largest absolute Gasteiger partial charge is 0.353 e. The van der Waals surface area contributed by atoms with Gasteiger partial charge in [0.1, 0.15) is 17.2 Å². The van der Waals surface area contributed by atoms with E-state index >= 15 is 0 Å². The van der Waals surface area contributed by atoms with E-state index in [2.05, 4.69) is 6.92 Å². The molecular formula is C20H25ClF4O2. The normalized spacial score (nSPS) is 29.7. The number of hydrogen-bond acceptors (Lipinski definition) is 2. The summed E-state index contributed by atoms with van der Waals surface area (Å²) in [6, 6.07) is 1.98. The Bertz CT molecular complexity index is 610. The number of halogens is 5. The highest BCUT2D eigenvalue weighted by Gasteiger charge is 2.37. The second kappa shape index (κ2) is 8.66. The summed E-state index contributed by atoms with van der Waals surface area (Å²) in [6.45, 7) is 3.56. The molecule has 27 heavy (non-hydrogen) atoms. The fourth-order valence-electron chi connectivity index (χ4n) is 4.23. The number of rotatable bonds is 5. The van der Waals surface area contributed by atoms with Gasteiger partial charge in [0.2, 0.25) is 0 Å². The zero-order chi connectivity index (χ0) is 19.6. The SMILES string of the molecule is CCCC1COC(C2CCC(c3cc(F)c(C(F)(F)Cl)c(F)c3)CC2)OC1. The quantitative estimate of drug-likeness (QED) is 0.419. The van der Waals surface area contributed by atoms with Crippen molar-refractivity contribution < 1.29 is 27.0 Å². The van der Waals surface area contributed by atoms with Crippen molar-refractivity contribution in [3.8, 4) is 0 Å². The third-order valence-electron chi connectivity index (χ3n) is 5.67. The molecule has 1 saturated carbocycles. The molecule has 1 aliphatic heterocycles. The first-order valence-electron chi connectivity index (χ1n) is 9.59. The lowest BCUT2D eigenvalue weighted by Crippen LogP contribution is -2.38. The fraction of sp³-hybridized carbons (Fsp3) is 0.700. The Balaban J connectivity index is 1.58. The van der Waals surface area contributed by atoms with Gasteiger partial charge >= 0.3 is 5.38 Å². The lowest BCUT2D eigenvalue weighted by molar-refractivity contribution is -0.229. The van der Waals surface area contributed by atoms with Crippen LogP contribution in [0.4, 0.5) is 17.6 Å². The molecule has 0 N–H and O–H groups in total. The van der Waals surface area contributed by atoms with E-state index in [4.69, 9.17) is 21.1 Å². The zero-order valence-corrected chi connectivity index (χ0v) is 16.1. The van der Waals surface area contributed by atoms with E-state index in [-0.39, 0.29) is 18.1 Å². The van der Waals surface area contributed by atoms with Gasteiger partial charge in [0, 0.05) is 11.8 Å². The number of hydrogen-bond donors (Lipinski definition) is 0. The summed E-state index contributed by atoms with van der Waals surface area (Å²) in [4.78, 5) is 0. The molecule has 1 heterocycles. The molecule has 1 saturated heterocycles. The Morgan fingerprint density at radius 3 is 2.07 bits per heavy atom. The van der Waals surface area contributed by atoms with E-state index in [0.717, 1.165) is 37.8 Å². The maximum absolute atomic E-state index is 14.0. The van der Waals surface area contributed by atoms with Gasteiger partial charge in [-0.05, 0) is 67.3 Å². The molecular weight excluding hydrogens is 384 g/mol. The molecule has 0 atom stereocenters. The first-order valence-corrected chi connectivity index (χ1v) is 9.96. The zero-order valence-electron chi connectivity index (χ0n) is 15.3. The molecule has 0 bridgehead atoms. The van der Waals surface area contributed by atoms with Crippen LogP contribution in [0, 0.1) is 23.5 Å². The van der Waals surface area contributed by atoms with Crippen molar-refractivity contribution >= 4 is 11.6 Å². The van der Waals surface area contributed by atoms with Gasteiger partial charge in [-0.25, -0.2) is 8.78 Å². The summed E-state index contributed by atoms with van der Waals surface area (Å²) in [5.41, 5.74) is -0.978. The molecule has 0 spiro atoms. The van der Waals surface area contributed by atoms with Gasteiger partial charge in [0.15, 0.2) is 6.29 Å². The first-order chi connectivity index (χ1) is 12.8. The van der Waals surface area contributed by atoms with E-state index in [1.54, 1.807) is 0 Å². The Morgan fingerprint density at radius 1 is 1.04 bits per heavy atom. The predicted octanol–water partition coefficient (Wildman–Crippen LogP) is 6.32. The molecule has 0 amide bonds. The number of alkyl halides is 3. The molecule has 152 valence electrons. The van der Waals surface area contributed by atoms with Gasteiger partial charge in [-0.15, -0.1) is 0 Å². The van der Waals surface area contributed by atoms with Crippen LogP contribution in [0.5, 0.6) is 0 Å². The van der Waals surface area contributed by atoms with Gasteiger partial charge in [0.25, 0.3) is 0 Å². The average molecular weight is 409 g/mol.